The Morgan fingerprint density at radius 3 is 2.86 bits per heavy atom. The van der Waals surface area contributed by atoms with E-state index in [9.17, 15) is 4.79 Å². The maximum atomic E-state index is 12.0. The summed E-state index contributed by atoms with van der Waals surface area (Å²) in [5.41, 5.74) is 1.67. The fourth-order valence-electron chi connectivity index (χ4n) is 2.12. The molecular formula is C15H16N4OS. The summed E-state index contributed by atoms with van der Waals surface area (Å²) in [7, 11) is 0. The maximum Gasteiger partial charge on any atom is 0.242 e. The summed E-state index contributed by atoms with van der Waals surface area (Å²) in [4.78, 5) is 14.5. The number of aromatic nitrogens is 3. The van der Waals surface area contributed by atoms with Gasteiger partial charge in [0.2, 0.25) is 5.91 Å². The molecule has 0 aliphatic rings. The number of nitrogens with one attached hydrogen (secondary N) is 1. The summed E-state index contributed by atoms with van der Waals surface area (Å²) in [6.07, 6.45) is 1.03. The van der Waals surface area contributed by atoms with Crippen molar-refractivity contribution in [2.75, 3.05) is 0 Å². The van der Waals surface area contributed by atoms with Crippen LogP contribution in [0.25, 0.3) is 11.0 Å². The average molecular weight is 300 g/mol. The number of carbonyl (C=O) groups excluding carboxylic acids is 1. The molecule has 0 aliphatic carbocycles. The third-order valence-corrected chi connectivity index (χ3v) is 4.47. The lowest BCUT2D eigenvalue weighted by Gasteiger charge is -2.04. The molecular weight excluding hydrogens is 284 g/mol. The first kappa shape index (κ1) is 13.8. The van der Waals surface area contributed by atoms with Crippen LogP contribution in [0, 0.1) is 0 Å². The fraction of sp³-hybridized carbons (Fsp3) is 0.267. The Bertz CT molecular complexity index is 762. The highest BCUT2D eigenvalue weighted by Gasteiger charge is 2.08. The zero-order chi connectivity index (χ0) is 14.7. The summed E-state index contributed by atoms with van der Waals surface area (Å²) in [5.74, 6) is -0.0582. The smallest absolute Gasteiger partial charge is 0.242 e. The van der Waals surface area contributed by atoms with Crippen LogP contribution in [0.2, 0.25) is 0 Å². The molecule has 3 aromatic rings. The Morgan fingerprint density at radius 2 is 2.05 bits per heavy atom. The highest BCUT2D eigenvalue weighted by atomic mass is 32.1. The molecule has 2 aromatic heterocycles. The van der Waals surface area contributed by atoms with Gasteiger partial charge in [0.1, 0.15) is 12.1 Å². The molecule has 1 N–H and O–H groups in total. The molecule has 5 nitrogen and oxygen atoms in total. The molecule has 108 valence electrons. The summed E-state index contributed by atoms with van der Waals surface area (Å²) in [6.45, 7) is 2.88. The standard InChI is InChI=1S/C15H16N4OS/c1-2-11-7-8-12(21-11)9-16-15(20)10-19-14-6-4-3-5-13(14)17-18-19/h3-8H,2,9-10H2,1H3,(H,16,20). The van der Waals surface area contributed by atoms with Gasteiger partial charge < -0.3 is 5.32 Å². The Morgan fingerprint density at radius 1 is 1.24 bits per heavy atom. The van der Waals surface area contributed by atoms with E-state index < -0.39 is 0 Å². The third kappa shape index (κ3) is 3.11. The highest BCUT2D eigenvalue weighted by Crippen LogP contribution is 2.16. The van der Waals surface area contributed by atoms with Crippen LogP contribution in [0.4, 0.5) is 0 Å². The van der Waals surface area contributed by atoms with Crippen molar-refractivity contribution in [3.8, 4) is 0 Å². The van der Waals surface area contributed by atoms with Crippen molar-refractivity contribution in [1.82, 2.24) is 20.3 Å². The third-order valence-electron chi connectivity index (χ3n) is 3.24. The molecule has 0 atom stereocenters. The molecule has 21 heavy (non-hydrogen) atoms. The van der Waals surface area contributed by atoms with E-state index in [1.807, 2.05) is 24.3 Å². The molecule has 1 aromatic carbocycles. The van der Waals surface area contributed by atoms with Gasteiger partial charge in [0.15, 0.2) is 0 Å². The Hall–Kier alpha value is -2.21. The molecule has 0 saturated heterocycles. The van der Waals surface area contributed by atoms with Crippen LogP contribution in [0.1, 0.15) is 16.7 Å². The predicted molar refractivity (Wildman–Crippen MR) is 83.1 cm³/mol. The summed E-state index contributed by atoms with van der Waals surface area (Å²) >= 11 is 1.74. The minimum atomic E-state index is -0.0582. The second-order valence-electron chi connectivity index (χ2n) is 4.73. The van der Waals surface area contributed by atoms with Crippen molar-refractivity contribution in [1.29, 1.82) is 0 Å². The molecule has 0 unspecified atom stereocenters. The van der Waals surface area contributed by atoms with Gasteiger partial charge in [0.25, 0.3) is 0 Å². The summed E-state index contributed by atoms with van der Waals surface area (Å²) in [5, 5.41) is 11.0. The number of carbonyl (C=O) groups is 1. The van der Waals surface area contributed by atoms with E-state index in [1.54, 1.807) is 16.0 Å². The molecule has 0 saturated carbocycles. The van der Waals surface area contributed by atoms with E-state index >= 15 is 0 Å². The van der Waals surface area contributed by atoms with Gasteiger partial charge in [-0.05, 0) is 30.7 Å². The molecule has 0 bridgehead atoms. The summed E-state index contributed by atoms with van der Waals surface area (Å²) < 4.78 is 1.62. The minimum absolute atomic E-state index is 0.0582. The normalized spacial score (nSPS) is 10.9. The number of aryl methyl sites for hydroxylation is 1. The molecule has 0 fully saturated rings. The van der Waals surface area contributed by atoms with Crippen molar-refractivity contribution in [3.63, 3.8) is 0 Å². The second kappa shape index (κ2) is 6.05. The average Bonchev–Trinajstić information content (AvgIpc) is 3.12. The molecule has 3 rings (SSSR count). The number of para-hydroxylation sites is 1. The van der Waals surface area contributed by atoms with Crippen LogP contribution in [-0.4, -0.2) is 20.9 Å². The Labute approximate surface area is 126 Å². The van der Waals surface area contributed by atoms with E-state index in [0.29, 0.717) is 6.54 Å². The van der Waals surface area contributed by atoms with Crippen molar-refractivity contribution < 1.29 is 4.79 Å². The van der Waals surface area contributed by atoms with Crippen LogP contribution in [-0.2, 0) is 24.3 Å². The first-order valence-corrected chi connectivity index (χ1v) is 7.70. The predicted octanol–water partition coefficient (Wildman–Crippen LogP) is 2.37. The van der Waals surface area contributed by atoms with E-state index in [1.165, 1.54) is 9.75 Å². The summed E-state index contributed by atoms with van der Waals surface area (Å²) in [6, 6.07) is 11.8. The van der Waals surface area contributed by atoms with Crippen LogP contribution in [0.5, 0.6) is 0 Å². The fourth-order valence-corrected chi connectivity index (χ4v) is 3.02. The quantitative estimate of drug-likeness (QED) is 0.787. The lowest BCUT2D eigenvalue weighted by Crippen LogP contribution is -2.27. The second-order valence-corrected chi connectivity index (χ2v) is 5.99. The van der Waals surface area contributed by atoms with E-state index in [0.717, 1.165) is 17.5 Å². The van der Waals surface area contributed by atoms with Crippen molar-refractivity contribution >= 4 is 28.3 Å². The zero-order valence-corrected chi connectivity index (χ0v) is 12.6. The lowest BCUT2D eigenvalue weighted by atomic mass is 10.3. The van der Waals surface area contributed by atoms with Crippen molar-refractivity contribution in [2.45, 2.75) is 26.4 Å². The monoisotopic (exact) mass is 300 g/mol. The van der Waals surface area contributed by atoms with Gasteiger partial charge in [-0.1, -0.05) is 24.3 Å². The maximum absolute atomic E-state index is 12.0. The topological polar surface area (TPSA) is 59.8 Å². The largest absolute Gasteiger partial charge is 0.350 e. The number of hydrogen-bond acceptors (Lipinski definition) is 4. The molecule has 1 amide bonds. The number of hydrogen-bond donors (Lipinski definition) is 1. The van der Waals surface area contributed by atoms with Crippen LogP contribution < -0.4 is 5.32 Å². The number of benzene rings is 1. The number of nitrogens with zero attached hydrogens (tertiary/aromatic N) is 3. The lowest BCUT2D eigenvalue weighted by molar-refractivity contribution is -0.121. The van der Waals surface area contributed by atoms with E-state index in [-0.39, 0.29) is 12.5 Å². The Kier molecular flexibility index (Phi) is 3.96. The molecule has 0 radical (unpaired) electrons. The highest BCUT2D eigenvalue weighted by molar-refractivity contribution is 7.11. The van der Waals surface area contributed by atoms with Crippen LogP contribution >= 0.6 is 11.3 Å². The van der Waals surface area contributed by atoms with Crippen LogP contribution in [0.15, 0.2) is 36.4 Å². The first-order chi connectivity index (χ1) is 10.3. The van der Waals surface area contributed by atoms with Gasteiger partial charge in [-0.2, -0.15) is 0 Å². The number of rotatable bonds is 5. The van der Waals surface area contributed by atoms with E-state index in [4.69, 9.17) is 0 Å². The first-order valence-electron chi connectivity index (χ1n) is 6.89. The molecule has 0 spiro atoms. The van der Waals surface area contributed by atoms with Gasteiger partial charge in [-0.3, -0.25) is 4.79 Å². The zero-order valence-electron chi connectivity index (χ0n) is 11.7. The molecule has 0 aliphatic heterocycles. The number of fused-ring (bicyclic) bond motifs is 1. The van der Waals surface area contributed by atoms with Crippen molar-refractivity contribution in [2.24, 2.45) is 0 Å². The van der Waals surface area contributed by atoms with Gasteiger partial charge in [0.05, 0.1) is 12.1 Å². The Balaban J connectivity index is 1.61. The van der Waals surface area contributed by atoms with Gasteiger partial charge in [-0.15, -0.1) is 16.4 Å². The van der Waals surface area contributed by atoms with Gasteiger partial charge in [-0.25, -0.2) is 4.68 Å². The van der Waals surface area contributed by atoms with Gasteiger partial charge in [0, 0.05) is 9.75 Å². The molecule has 2 heterocycles. The number of thiophene rings is 1. The van der Waals surface area contributed by atoms with Crippen LogP contribution in [0.3, 0.4) is 0 Å². The molecule has 6 heteroatoms. The van der Waals surface area contributed by atoms with E-state index in [2.05, 4.69) is 34.7 Å². The van der Waals surface area contributed by atoms with Crippen molar-refractivity contribution in [3.05, 3.63) is 46.2 Å². The SMILES string of the molecule is CCc1ccc(CNC(=O)Cn2nnc3ccccc32)s1. The van der Waals surface area contributed by atoms with Gasteiger partial charge >= 0.3 is 0 Å². The minimum Gasteiger partial charge on any atom is -0.350 e. The number of amides is 1.